The minimum absolute atomic E-state index is 0.0144. The maximum atomic E-state index is 9.23. The summed E-state index contributed by atoms with van der Waals surface area (Å²) in [6.45, 7) is 5.93. The molecule has 156 valence electrons. The van der Waals surface area contributed by atoms with Crippen LogP contribution in [0.1, 0.15) is 31.4 Å². The monoisotopic (exact) mass is 397 g/mol. The van der Waals surface area contributed by atoms with E-state index in [2.05, 4.69) is 53.4 Å². The zero-order valence-electron chi connectivity index (χ0n) is 17.2. The first-order valence-electron chi connectivity index (χ1n) is 10.5. The van der Waals surface area contributed by atoms with Gasteiger partial charge in [-0.05, 0) is 31.4 Å². The third-order valence-electron chi connectivity index (χ3n) is 5.73. The molecule has 0 bridgehead atoms. The van der Waals surface area contributed by atoms with Crippen molar-refractivity contribution in [3.8, 4) is 0 Å². The van der Waals surface area contributed by atoms with Gasteiger partial charge in [0.1, 0.15) is 12.2 Å². The van der Waals surface area contributed by atoms with Gasteiger partial charge in [0.15, 0.2) is 5.79 Å². The Morgan fingerprint density at radius 1 is 0.931 bits per heavy atom. The molecule has 4 rings (SSSR count). The summed E-state index contributed by atoms with van der Waals surface area (Å²) in [6, 6.07) is 21.3. The van der Waals surface area contributed by atoms with Crippen molar-refractivity contribution in [1.29, 1.82) is 0 Å². The van der Waals surface area contributed by atoms with Crippen molar-refractivity contribution >= 4 is 0 Å². The Labute approximate surface area is 173 Å². The van der Waals surface area contributed by atoms with Gasteiger partial charge in [0.2, 0.25) is 0 Å². The van der Waals surface area contributed by atoms with Gasteiger partial charge in [-0.15, -0.1) is 0 Å². The molecule has 1 saturated carbocycles. The summed E-state index contributed by atoms with van der Waals surface area (Å²) in [5.74, 6) is -0.625. The molecule has 0 amide bonds. The third-order valence-corrected chi connectivity index (χ3v) is 5.73. The molecule has 5 nitrogen and oxygen atoms in total. The van der Waals surface area contributed by atoms with Gasteiger partial charge in [-0.2, -0.15) is 0 Å². The van der Waals surface area contributed by atoms with E-state index in [9.17, 15) is 5.11 Å². The molecule has 0 unspecified atom stereocenters. The van der Waals surface area contributed by atoms with E-state index in [0.717, 1.165) is 19.5 Å². The number of nitrogens with zero attached hydrogens (tertiary/aromatic N) is 1. The van der Waals surface area contributed by atoms with Crippen LogP contribution in [0.25, 0.3) is 0 Å². The zero-order valence-corrected chi connectivity index (χ0v) is 17.2. The summed E-state index contributed by atoms with van der Waals surface area (Å²) >= 11 is 0. The summed E-state index contributed by atoms with van der Waals surface area (Å²) in [5, 5.41) is 9.23. The number of hydrogen-bond acceptors (Lipinski definition) is 5. The van der Waals surface area contributed by atoms with E-state index < -0.39 is 5.79 Å². The second-order valence-electron chi connectivity index (χ2n) is 8.38. The summed E-state index contributed by atoms with van der Waals surface area (Å²) in [7, 11) is 0. The molecule has 1 N–H and O–H groups in total. The lowest BCUT2D eigenvalue weighted by Crippen LogP contribution is -2.42. The van der Waals surface area contributed by atoms with E-state index in [1.165, 1.54) is 11.1 Å². The predicted octanol–water partition coefficient (Wildman–Crippen LogP) is 3.36. The van der Waals surface area contributed by atoms with Crippen LogP contribution >= 0.6 is 0 Å². The molecule has 2 aliphatic rings. The minimum atomic E-state index is -0.625. The van der Waals surface area contributed by atoms with Crippen molar-refractivity contribution in [2.24, 2.45) is 0 Å². The molecule has 4 atom stereocenters. The molecule has 2 aromatic rings. The highest BCUT2D eigenvalue weighted by Crippen LogP contribution is 2.42. The average molecular weight is 398 g/mol. The first kappa shape index (κ1) is 20.5. The Hall–Kier alpha value is -1.76. The van der Waals surface area contributed by atoms with Crippen LogP contribution < -0.4 is 0 Å². The van der Waals surface area contributed by atoms with Crippen molar-refractivity contribution in [1.82, 2.24) is 4.90 Å². The molecule has 29 heavy (non-hydrogen) atoms. The van der Waals surface area contributed by atoms with Gasteiger partial charge in [0, 0.05) is 19.1 Å². The number of ether oxygens (including phenoxy) is 3. The number of aliphatic hydroxyl groups is 1. The van der Waals surface area contributed by atoms with E-state index in [4.69, 9.17) is 14.2 Å². The Balaban J connectivity index is 1.59. The van der Waals surface area contributed by atoms with Crippen LogP contribution in [0.15, 0.2) is 60.7 Å². The number of rotatable bonds is 8. The maximum Gasteiger partial charge on any atom is 0.163 e. The molecule has 5 heteroatoms. The quantitative estimate of drug-likeness (QED) is 0.740. The number of fused-ring (bicyclic) bond motifs is 1. The van der Waals surface area contributed by atoms with Gasteiger partial charge in [-0.25, -0.2) is 0 Å². The molecule has 2 aromatic carbocycles. The molecule has 0 radical (unpaired) electrons. The molecular formula is C24H31NO4. The predicted molar refractivity (Wildman–Crippen MR) is 111 cm³/mol. The van der Waals surface area contributed by atoms with Crippen LogP contribution in [-0.4, -0.2) is 53.4 Å². The summed E-state index contributed by atoms with van der Waals surface area (Å²) in [4.78, 5) is 2.48. The highest BCUT2D eigenvalue weighted by Gasteiger charge is 2.55. The van der Waals surface area contributed by atoms with E-state index >= 15 is 0 Å². The minimum Gasteiger partial charge on any atom is -0.394 e. The zero-order chi connectivity index (χ0) is 20.3. The Morgan fingerprint density at radius 3 is 2.03 bits per heavy atom. The van der Waals surface area contributed by atoms with Crippen LogP contribution in [0, 0.1) is 0 Å². The Kier molecular flexibility index (Phi) is 6.32. The normalized spacial score (nSPS) is 28.0. The van der Waals surface area contributed by atoms with Crippen LogP contribution in [0.3, 0.4) is 0 Å². The molecule has 1 aliphatic carbocycles. The van der Waals surface area contributed by atoms with E-state index in [0.29, 0.717) is 6.61 Å². The highest BCUT2D eigenvalue weighted by molar-refractivity contribution is 5.18. The molecule has 1 aliphatic heterocycles. The standard InChI is InChI=1S/C24H31NO4/c1-24(2)28-22-20(15-21(23(22)29-24)27-14-13-26)25(16-18-9-5-3-6-10-18)17-19-11-7-4-8-12-19/h3-12,20-23,26H,13-17H2,1-2H3/t20-,21+,22-,23+/m1/s1. The SMILES string of the molecule is CC1(C)O[C@@H]2[C@H](O1)[C@H](N(Cc1ccccc1)Cc1ccccc1)C[C@@H]2OCCO. The molecule has 1 heterocycles. The number of aliphatic hydroxyl groups excluding tert-OH is 1. The fraction of sp³-hybridized carbons (Fsp3) is 0.500. The first-order valence-corrected chi connectivity index (χ1v) is 10.5. The van der Waals surface area contributed by atoms with Gasteiger partial charge < -0.3 is 19.3 Å². The topological polar surface area (TPSA) is 51.2 Å². The van der Waals surface area contributed by atoms with Gasteiger partial charge in [-0.3, -0.25) is 4.90 Å². The van der Waals surface area contributed by atoms with Gasteiger partial charge in [-0.1, -0.05) is 60.7 Å². The number of benzene rings is 2. The van der Waals surface area contributed by atoms with Gasteiger partial charge >= 0.3 is 0 Å². The lowest BCUT2D eigenvalue weighted by atomic mass is 10.1. The smallest absolute Gasteiger partial charge is 0.163 e. The number of hydrogen-bond donors (Lipinski definition) is 1. The molecule has 1 saturated heterocycles. The fourth-order valence-corrected chi connectivity index (χ4v) is 4.56. The van der Waals surface area contributed by atoms with Crippen LogP contribution in [0.4, 0.5) is 0 Å². The average Bonchev–Trinajstić information content (AvgIpc) is 3.20. The molecule has 2 fully saturated rings. The van der Waals surface area contributed by atoms with E-state index in [1.54, 1.807) is 0 Å². The summed E-state index contributed by atoms with van der Waals surface area (Å²) in [5.41, 5.74) is 2.55. The molecular weight excluding hydrogens is 366 g/mol. The van der Waals surface area contributed by atoms with Crippen molar-refractivity contribution in [2.75, 3.05) is 13.2 Å². The van der Waals surface area contributed by atoms with Gasteiger partial charge in [0.25, 0.3) is 0 Å². The first-order chi connectivity index (χ1) is 14.1. The highest BCUT2D eigenvalue weighted by atomic mass is 16.8. The lowest BCUT2D eigenvalue weighted by molar-refractivity contribution is -0.173. The van der Waals surface area contributed by atoms with Crippen molar-refractivity contribution in [3.63, 3.8) is 0 Å². The Morgan fingerprint density at radius 2 is 1.48 bits per heavy atom. The van der Waals surface area contributed by atoms with E-state index in [-0.39, 0.29) is 31.0 Å². The molecule has 0 aromatic heterocycles. The van der Waals surface area contributed by atoms with Crippen LogP contribution in [-0.2, 0) is 27.3 Å². The largest absolute Gasteiger partial charge is 0.394 e. The maximum absolute atomic E-state index is 9.23. The van der Waals surface area contributed by atoms with Gasteiger partial charge in [0.05, 0.1) is 19.3 Å². The lowest BCUT2D eigenvalue weighted by Gasteiger charge is -2.33. The van der Waals surface area contributed by atoms with Crippen LogP contribution in [0.2, 0.25) is 0 Å². The summed E-state index contributed by atoms with van der Waals surface area (Å²) < 4.78 is 18.5. The van der Waals surface area contributed by atoms with Crippen LogP contribution in [0.5, 0.6) is 0 Å². The summed E-state index contributed by atoms with van der Waals surface area (Å²) in [6.07, 6.45) is 0.579. The Bertz CT molecular complexity index is 725. The second kappa shape index (κ2) is 8.94. The van der Waals surface area contributed by atoms with Crippen molar-refractivity contribution in [3.05, 3.63) is 71.8 Å². The second-order valence-corrected chi connectivity index (χ2v) is 8.38. The fourth-order valence-electron chi connectivity index (χ4n) is 4.56. The van der Waals surface area contributed by atoms with Crippen molar-refractivity contribution < 1.29 is 19.3 Å². The van der Waals surface area contributed by atoms with E-state index in [1.807, 2.05) is 26.0 Å². The molecule has 0 spiro atoms. The third kappa shape index (κ3) is 4.87. The van der Waals surface area contributed by atoms with Crippen molar-refractivity contribution in [2.45, 2.75) is 63.5 Å².